The fourth-order valence-corrected chi connectivity index (χ4v) is 7.55. The minimum Gasteiger partial charge on any atom is -0.494 e. The highest BCUT2D eigenvalue weighted by Crippen LogP contribution is 2.33. The van der Waals surface area contributed by atoms with Crippen molar-refractivity contribution < 1.29 is 42.9 Å². The van der Waals surface area contributed by atoms with Crippen LogP contribution in [-0.2, 0) is 30.5 Å². The zero-order chi connectivity index (χ0) is 40.2. The summed E-state index contributed by atoms with van der Waals surface area (Å²) in [7, 11) is 0. The largest absolute Gasteiger partial charge is 0.494 e. The van der Waals surface area contributed by atoms with Crippen molar-refractivity contribution in [3.63, 3.8) is 0 Å². The van der Waals surface area contributed by atoms with Gasteiger partial charge in [-0.05, 0) is 112 Å². The zero-order valence-corrected chi connectivity index (χ0v) is 33.3. The first-order valence-electron chi connectivity index (χ1n) is 19.7. The van der Waals surface area contributed by atoms with E-state index >= 15 is 0 Å². The van der Waals surface area contributed by atoms with Gasteiger partial charge in [-0.2, -0.15) is 5.10 Å². The summed E-state index contributed by atoms with van der Waals surface area (Å²) in [6.45, 7) is 7.67. The van der Waals surface area contributed by atoms with E-state index in [0.29, 0.717) is 62.4 Å². The van der Waals surface area contributed by atoms with Crippen LogP contribution in [0.3, 0.4) is 0 Å². The van der Waals surface area contributed by atoms with Gasteiger partial charge in [-0.25, -0.2) is 4.79 Å². The third kappa shape index (κ3) is 13.3. The van der Waals surface area contributed by atoms with Crippen LogP contribution in [-0.4, -0.2) is 48.4 Å². The summed E-state index contributed by atoms with van der Waals surface area (Å²) in [4.78, 5) is 49.3. The smallest absolute Gasteiger partial charge is 0.330 e. The third-order valence-electron chi connectivity index (χ3n) is 9.69. The lowest BCUT2D eigenvalue weighted by molar-refractivity contribution is -0.145. The maximum atomic E-state index is 13.4. The van der Waals surface area contributed by atoms with Crippen LogP contribution in [0.4, 0.5) is 0 Å². The van der Waals surface area contributed by atoms with E-state index in [1.54, 1.807) is 53.8 Å². The second-order valence-electron chi connectivity index (χ2n) is 13.8. The molecular weight excluding hydrogens is 747 g/mol. The first kappa shape index (κ1) is 42.6. The highest BCUT2D eigenvalue weighted by atomic mass is 32.1. The molecule has 1 heterocycles. The molecular formula is C44H51N3O9S. The van der Waals surface area contributed by atoms with E-state index in [-0.39, 0.29) is 23.4 Å². The molecule has 0 radical (unpaired) electrons. The zero-order valence-electron chi connectivity index (χ0n) is 32.5. The predicted molar refractivity (Wildman–Crippen MR) is 219 cm³/mol. The van der Waals surface area contributed by atoms with Gasteiger partial charge in [-0.3, -0.25) is 14.4 Å². The van der Waals surface area contributed by atoms with Crippen molar-refractivity contribution in [2.45, 2.75) is 90.5 Å². The number of hydrogen-bond acceptors (Lipinski definition) is 12. The summed E-state index contributed by atoms with van der Waals surface area (Å²) in [5.41, 5.74) is 1.53. The highest BCUT2D eigenvalue weighted by Gasteiger charge is 2.32. The number of nitrogens with zero attached hydrogens (tertiary/aromatic N) is 3. The third-order valence-corrected chi connectivity index (χ3v) is 10.7. The SMILES string of the molecule is C=CC(=O)OCCCCCCOc1ccc(OC(=O)C2CCC(C(=O)Oc3ccc(OC=O)cc3/C=N/N=c3\sc4ccccc4n3CCCCCC)CC2)cc1. The second-order valence-corrected chi connectivity index (χ2v) is 14.8. The number of aromatic nitrogens is 1. The Balaban J connectivity index is 1.11. The van der Waals surface area contributed by atoms with Crippen LogP contribution in [0.5, 0.6) is 23.0 Å². The molecule has 1 aliphatic rings. The molecule has 0 spiro atoms. The summed E-state index contributed by atoms with van der Waals surface area (Å²) in [5.74, 6) is -0.225. The summed E-state index contributed by atoms with van der Waals surface area (Å²) in [5, 5.41) is 8.93. The molecule has 302 valence electrons. The van der Waals surface area contributed by atoms with Gasteiger partial charge < -0.3 is 28.3 Å². The van der Waals surface area contributed by atoms with E-state index in [9.17, 15) is 19.2 Å². The molecule has 1 aliphatic carbocycles. The lowest BCUT2D eigenvalue weighted by Crippen LogP contribution is -2.30. The number of aryl methyl sites for hydroxylation is 1. The molecule has 5 rings (SSSR count). The van der Waals surface area contributed by atoms with Crippen molar-refractivity contribution in [3.05, 3.63) is 89.7 Å². The van der Waals surface area contributed by atoms with Crippen LogP contribution in [0.25, 0.3) is 10.2 Å². The number of thiazole rings is 1. The molecule has 1 aromatic heterocycles. The van der Waals surface area contributed by atoms with Crippen molar-refractivity contribution in [1.29, 1.82) is 0 Å². The second kappa shape index (κ2) is 22.9. The molecule has 0 unspecified atom stereocenters. The van der Waals surface area contributed by atoms with Gasteiger partial charge in [0.15, 0.2) is 0 Å². The number of ether oxygens (including phenoxy) is 5. The minimum absolute atomic E-state index is 0.263. The van der Waals surface area contributed by atoms with Crippen LogP contribution in [0.1, 0.15) is 89.5 Å². The highest BCUT2D eigenvalue weighted by molar-refractivity contribution is 7.16. The van der Waals surface area contributed by atoms with Crippen molar-refractivity contribution in [3.8, 4) is 23.0 Å². The molecule has 1 fully saturated rings. The van der Waals surface area contributed by atoms with E-state index in [2.05, 4.69) is 40.4 Å². The Morgan fingerprint density at radius 3 is 2.19 bits per heavy atom. The number of fused-ring (bicyclic) bond motifs is 1. The molecule has 0 aliphatic heterocycles. The fourth-order valence-electron chi connectivity index (χ4n) is 6.54. The Morgan fingerprint density at radius 1 is 0.807 bits per heavy atom. The van der Waals surface area contributed by atoms with Crippen LogP contribution in [0.2, 0.25) is 0 Å². The van der Waals surface area contributed by atoms with Crippen LogP contribution >= 0.6 is 11.3 Å². The maximum Gasteiger partial charge on any atom is 0.330 e. The van der Waals surface area contributed by atoms with Crippen LogP contribution in [0.15, 0.2) is 89.6 Å². The first-order valence-corrected chi connectivity index (χ1v) is 20.5. The topological polar surface area (TPSA) is 144 Å². The number of hydrogen-bond donors (Lipinski definition) is 0. The van der Waals surface area contributed by atoms with Gasteiger partial charge >= 0.3 is 17.9 Å². The number of carbonyl (C=O) groups excluding carboxylic acids is 4. The van der Waals surface area contributed by atoms with Crippen molar-refractivity contribution in [2.75, 3.05) is 13.2 Å². The number of carbonyl (C=O) groups is 4. The van der Waals surface area contributed by atoms with E-state index in [0.717, 1.165) is 72.6 Å². The van der Waals surface area contributed by atoms with Crippen molar-refractivity contribution in [2.24, 2.45) is 22.0 Å². The quantitative estimate of drug-likeness (QED) is 0.0145. The average Bonchev–Trinajstić information content (AvgIpc) is 3.58. The Hall–Kier alpha value is -5.56. The van der Waals surface area contributed by atoms with Crippen molar-refractivity contribution in [1.82, 2.24) is 4.57 Å². The summed E-state index contributed by atoms with van der Waals surface area (Å²) in [6, 6.07) is 19.8. The standard InChI is InChI=1S/C44H51N3O9S/c1-3-5-6-11-26-47-38-14-9-10-15-40(38)57-44(47)46-45-30-34-29-37(54-31-48)24-25-39(34)56-43(51)33-18-16-32(17-19-33)42(50)55-36-22-20-35(21-23-36)52-27-12-7-8-13-28-53-41(49)4-2/h4,9-10,14-15,20-25,29-33H,2-3,5-8,11-13,16-19,26-28H2,1H3/b45-30+,46-44-. The number of unbranched alkanes of at least 4 members (excludes halogenated alkanes) is 6. The average molecular weight is 798 g/mol. The van der Waals surface area contributed by atoms with Gasteiger partial charge in [-0.1, -0.05) is 56.2 Å². The number of esters is 3. The summed E-state index contributed by atoms with van der Waals surface area (Å²) >= 11 is 1.55. The van der Waals surface area contributed by atoms with Crippen LogP contribution < -0.4 is 23.7 Å². The number of benzene rings is 3. The Labute approximate surface area is 337 Å². The number of rotatable bonds is 22. The summed E-state index contributed by atoms with van der Waals surface area (Å²) in [6.07, 6.45) is 12.6. The van der Waals surface area contributed by atoms with Gasteiger partial charge in [0.2, 0.25) is 4.80 Å². The molecule has 0 atom stereocenters. The van der Waals surface area contributed by atoms with Gasteiger partial charge in [0, 0.05) is 18.2 Å². The molecule has 0 amide bonds. The lowest BCUT2D eigenvalue weighted by Gasteiger charge is -2.26. The van der Waals surface area contributed by atoms with Gasteiger partial charge in [0.1, 0.15) is 23.0 Å². The molecule has 4 aromatic rings. The molecule has 57 heavy (non-hydrogen) atoms. The molecule has 0 bridgehead atoms. The van der Waals surface area contributed by atoms with Gasteiger partial charge in [0.05, 0.1) is 41.5 Å². The predicted octanol–water partition coefficient (Wildman–Crippen LogP) is 8.74. The van der Waals surface area contributed by atoms with E-state index in [1.165, 1.54) is 12.6 Å². The lowest BCUT2D eigenvalue weighted by atomic mass is 9.82. The molecule has 0 saturated heterocycles. The maximum absolute atomic E-state index is 13.4. The van der Waals surface area contributed by atoms with E-state index < -0.39 is 17.9 Å². The Bertz CT molecular complexity index is 2050. The monoisotopic (exact) mass is 797 g/mol. The molecule has 12 nitrogen and oxygen atoms in total. The molecule has 0 N–H and O–H groups in total. The summed E-state index contributed by atoms with van der Waals surface area (Å²) < 4.78 is 30.7. The molecule has 13 heteroatoms. The fraction of sp³-hybridized carbons (Fsp3) is 0.409. The van der Waals surface area contributed by atoms with E-state index in [4.69, 9.17) is 23.7 Å². The Kier molecular flexibility index (Phi) is 17.1. The first-order chi connectivity index (χ1) is 27.9. The Morgan fingerprint density at radius 2 is 1.47 bits per heavy atom. The van der Waals surface area contributed by atoms with Crippen LogP contribution in [0, 0.1) is 11.8 Å². The van der Waals surface area contributed by atoms with Gasteiger partial charge in [0.25, 0.3) is 6.47 Å². The number of para-hydroxylation sites is 1. The van der Waals surface area contributed by atoms with E-state index in [1.807, 2.05) is 12.1 Å². The van der Waals surface area contributed by atoms with Gasteiger partial charge in [-0.15, -0.1) is 5.10 Å². The molecule has 1 saturated carbocycles. The van der Waals surface area contributed by atoms with Crippen molar-refractivity contribution >= 4 is 52.1 Å². The normalized spacial score (nSPS) is 15.6. The minimum atomic E-state index is -0.406. The molecule has 3 aromatic carbocycles.